The number of hydrogen-bond donors (Lipinski definition) is 1. The highest BCUT2D eigenvalue weighted by molar-refractivity contribution is 6.05. The minimum Gasteiger partial charge on any atom is -0.441 e. The van der Waals surface area contributed by atoms with Crippen molar-refractivity contribution in [3.8, 4) is 11.5 Å². The van der Waals surface area contributed by atoms with Crippen LogP contribution in [0, 0.1) is 6.92 Å². The summed E-state index contributed by atoms with van der Waals surface area (Å²) in [6.45, 7) is 2.44. The lowest BCUT2D eigenvalue weighted by atomic mass is 9.98. The molecule has 1 atom stereocenters. The molecule has 33 heavy (non-hydrogen) atoms. The zero-order valence-electron chi connectivity index (χ0n) is 18.5. The Morgan fingerprint density at radius 1 is 1.09 bits per heavy atom. The minimum atomic E-state index is -0.593. The molecule has 2 aromatic carbocycles. The Morgan fingerprint density at radius 2 is 1.91 bits per heavy atom. The summed E-state index contributed by atoms with van der Waals surface area (Å²) in [7, 11) is 0. The molecule has 3 amide bonds. The number of benzene rings is 2. The monoisotopic (exact) mass is 443 g/mol. The van der Waals surface area contributed by atoms with Crippen molar-refractivity contribution in [3.05, 3.63) is 76.7 Å². The number of rotatable bonds is 6. The lowest BCUT2D eigenvalue weighted by Crippen LogP contribution is -2.52. The largest absolute Gasteiger partial charge is 0.441 e. The van der Waals surface area contributed by atoms with Crippen LogP contribution in [-0.4, -0.2) is 33.6 Å². The van der Waals surface area contributed by atoms with Gasteiger partial charge in [-0.05, 0) is 55.5 Å². The Morgan fingerprint density at radius 3 is 2.70 bits per heavy atom. The van der Waals surface area contributed by atoms with Crippen LogP contribution in [-0.2, 0) is 29.0 Å². The van der Waals surface area contributed by atoms with Crippen LogP contribution in [0.3, 0.4) is 0 Å². The van der Waals surface area contributed by atoms with Gasteiger partial charge in [-0.25, -0.2) is 4.98 Å². The lowest BCUT2D eigenvalue weighted by molar-refractivity contribution is -0.136. The molecule has 2 aliphatic heterocycles. The summed E-state index contributed by atoms with van der Waals surface area (Å²) in [4.78, 5) is 42.7. The molecule has 1 N–H and O–H groups in total. The molecule has 1 unspecified atom stereocenters. The maximum atomic E-state index is 13.0. The van der Waals surface area contributed by atoms with E-state index in [1.165, 1.54) is 5.56 Å². The first-order valence-electron chi connectivity index (χ1n) is 11.3. The van der Waals surface area contributed by atoms with Crippen LogP contribution < -0.4 is 5.32 Å². The van der Waals surface area contributed by atoms with Crippen molar-refractivity contribution in [2.75, 3.05) is 0 Å². The predicted octanol–water partition coefficient (Wildman–Crippen LogP) is 3.59. The Labute approximate surface area is 191 Å². The van der Waals surface area contributed by atoms with Gasteiger partial charge in [-0.2, -0.15) is 0 Å². The number of aryl methyl sites for hydroxylation is 3. The molecule has 7 heteroatoms. The second-order valence-electron chi connectivity index (χ2n) is 8.69. The Hall–Kier alpha value is -3.74. The maximum absolute atomic E-state index is 13.0. The van der Waals surface area contributed by atoms with Gasteiger partial charge in [0.2, 0.25) is 17.7 Å². The van der Waals surface area contributed by atoms with E-state index in [0.717, 1.165) is 41.7 Å². The van der Waals surface area contributed by atoms with E-state index in [1.54, 1.807) is 11.1 Å². The highest BCUT2D eigenvalue weighted by Gasteiger charge is 2.39. The molecule has 0 bridgehead atoms. The molecule has 1 fully saturated rings. The third-order valence-electron chi connectivity index (χ3n) is 6.40. The standard InChI is InChI=1S/C26H25N3O4/c1-16-8-10-18(11-9-16)25-27-14-19(33-25)6-2-4-17-5-3-7-20-21(17)15-29(26(20)32)22-12-13-23(30)28-24(22)31/h3,5,7-11,14,22H,2,4,6,12-13,15H2,1H3,(H,28,30,31). The SMILES string of the molecule is Cc1ccc(-c2ncc(CCCc3cccc4c3CN(C3CCC(=O)NC3=O)C4=O)o2)cc1. The Kier molecular flexibility index (Phi) is 5.54. The van der Waals surface area contributed by atoms with E-state index in [2.05, 4.69) is 10.3 Å². The summed E-state index contributed by atoms with van der Waals surface area (Å²) in [6.07, 6.45) is 4.79. The summed E-state index contributed by atoms with van der Waals surface area (Å²) in [5, 5.41) is 2.35. The smallest absolute Gasteiger partial charge is 0.255 e. The highest BCUT2D eigenvalue weighted by Crippen LogP contribution is 2.30. The van der Waals surface area contributed by atoms with Crippen molar-refractivity contribution in [1.82, 2.24) is 15.2 Å². The van der Waals surface area contributed by atoms with Gasteiger partial charge in [0.25, 0.3) is 5.91 Å². The molecular weight excluding hydrogens is 418 g/mol. The topological polar surface area (TPSA) is 92.5 Å². The van der Waals surface area contributed by atoms with Gasteiger partial charge in [-0.15, -0.1) is 0 Å². The number of nitrogens with one attached hydrogen (secondary N) is 1. The Balaban J connectivity index is 1.24. The zero-order valence-corrected chi connectivity index (χ0v) is 18.5. The van der Waals surface area contributed by atoms with Gasteiger partial charge in [-0.1, -0.05) is 29.8 Å². The van der Waals surface area contributed by atoms with E-state index in [-0.39, 0.29) is 24.1 Å². The summed E-state index contributed by atoms with van der Waals surface area (Å²) in [5.41, 5.74) is 4.88. The van der Waals surface area contributed by atoms with Crippen LogP contribution >= 0.6 is 0 Å². The first kappa shape index (κ1) is 21.1. The van der Waals surface area contributed by atoms with Gasteiger partial charge in [0.1, 0.15) is 11.8 Å². The number of fused-ring (bicyclic) bond motifs is 1. The van der Waals surface area contributed by atoms with E-state index in [1.807, 2.05) is 49.4 Å². The highest BCUT2D eigenvalue weighted by atomic mass is 16.4. The number of imide groups is 1. The first-order valence-corrected chi connectivity index (χ1v) is 11.3. The lowest BCUT2D eigenvalue weighted by Gasteiger charge is -2.29. The number of aromatic nitrogens is 1. The van der Waals surface area contributed by atoms with Crippen LogP contribution in [0.1, 0.15) is 52.1 Å². The van der Waals surface area contributed by atoms with Crippen LogP contribution in [0.2, 0.25) is 0 Å². The molecule has 0 spiro atoms. The average molecular weight is 444 g/mol. The summed E-state index contributed by atoms with van der Waals surface area (Å²) < 4.78 is 5.93. The maximum Gasteiger partial charge on any atom is 0.255 e. The zero-order chi connectivity index (χ0) is 22.9. The van der Waals surface area contributed by atoms with E-state index in [4.69, 9.17) is 4.42 Å². The molecule has 2 aliphatic rings. The number of piperidine rings is 1. The predicted molar refractivity (Wildman–Crippen MR) is 121 cm³/mol. The molecule has 168 valence electrons. The van der Waals surface area contributed by atoms with Crippen molar-refractivity contribution in [2.24, 2.45) is 0 Å². The van der Waals surface area contributed by atoms with Gasteiger partial charge >= 0.3 is 0 Å². The number of oxazole rings is 1. The summed E-state index contributed by atoms with van der Waals surface area (Å²) >= 11 is 0. The molecule has 0 saturated carbocycles. The first-order chi connectivity index (χ1) is 16.0. The molecule has 5 rings (SSSR count). The van der Waals surface area contributed by atoms with E-state index >= 15 is 0 Å². The molecule has 7 nitrogen and oxygen atoms in total. The second kappa shape index (κ2) is 8.65. The fourth-order valence-electron chi connectivity index (χ4n) is 4.59. The van der Waals surface area contributed by atoms with E-state index in [9.17, 15) is 14.4 Å². The number of amides is 3. The van der Waals surface area contributed by atoms with Crippen molar-refractivity contribution in [3.63, 3.8) is 0 Å². The van der Waals surface area contributed by atoms with E-state index in [0.29, 0.717) is 24.4 Å². The molecular formula is C26H25N3O4. The molecule has 1 saturated heterocycles. The molecule has 0 radical (unpaired) electrons. The van der Waals surface area contributed by atoms with E-state index < -0.39 is 6.04 Å². The van der Waals surface area contributed by atoms with Crippen molar-refractivity contribution in [1.29, 1.82) is 0 Å². The summed E-state index contributed by atoms with van der Waals surface area (Å²) in [5.74, 6) is 0.650. The van der Waals surface area contributed by atoms with Crippen LogP contribution in [0.5, 0.6) is 0 Å². The normalized spacial score (nSPS) is 17.9. The second-order valence-corrected chi connectivity index (χ2v) is 8.69. The van der Waals surface area contributed by atoms with Gasteiger partial charge in [0.05, 0.1) is 6.20 Å². The number of carbonyl (C=O) groups excluding carboxylic acids is 3. The molecule has 3 aromatic rings. The fraction of sp³-hybridized carbons (Fsp3) is 0.308. The number of nitrogens with zero attached hydrogens (tertiary/aromatic N) is 2. The minimum absolute atomic E-state index is 0.140. The molecule has 0 aliphatic carbocycles. The van der Waals surface area contributed by atoms with Gasteiger partial charge in [0.15, 0.2) is 0 Å². The number of carbonyl (C=O) groups is 3. The van der Waals surface area contributed by atoms with Crippen LogP contribution in [0.4, 0.5) is 0 Å². The molecule has 3 heterocycles. The quantitative estimate of drug-likeness (QED) is 0.588. The van der Waals surface area contributed by atoms with Crippen molar-refractivity contribution < 1.29 is 18.8 Å². The van der Waals surface area contributed by atoms with Crippen LogP contribution in [0.25, 0.3) is 11.5 Å². The van der Waals surface area contributed by atoms with Crippen molar-refractivity contribution in [2.45, 2.75) is 51.6 Å². The van der Waals surface area contributed by atoms with Gasteiger partial charge in [0, 0.05) is 30.5 Å². The van der Waals surface area contributed by atoms with Crippen LogP contribution in [0.15, 0.2) is 53.1 Å². The van der Waals surface area contributed by atoms with Gasteiger partial charge in [-0.3, -0.25) is 19.7 Å². The third-order valence-corrected chi connectivity index (χ3v) is 6.40. The summed E-state index contributed by atoms with van der Waals surface area (Å²) in [6, 6.07) is 13.2. The average Bonchev–Trinajstić information content (AvgIpc) is 3.40. The molecule has 1 aromatic heterocycles. The number of hydrogen-bond acceptors (Lipinski definition) is 5. The third kappa shape index (κ3) is 4.18. The van der Waals surface area contributed by atoms with Crippen molar-refractivity contribution >= 4 is 17.7 Å². The van der Waals surface area contributed by atoms with Gasteiger partial charge < -0.3 is 9.32 Å². The Bertz CT molecular complexity index is 1230. The fourth-order valence-corrected chi connectivity index (χ4v) is 4.59.